The smallest absolute Gasteiger partial charge is 0.255 e. The molecule has 0 saturated carbocycles. The van der Waals surface area contributed by atoms with Crippen molar-refractivity contribution in [1.82, 2.24) is 10.3 Å². The van der Waals surface area contributed by atoms with E-state index in [1.54, 1.807) is 18.3 Å². The van der Waals surface area contributed by atoms with Crippen molar-refractivity contribution in [2.45, 2.75) is 6.54 Å². The number of nitrogens with one attached hydrogen (secondary N) is 1. The second kappa shape index (κ2) is 7.65. The lowest BCUT2D eigenvalue weighted by Gasteiger charge is -2.10. The zero-order chi connectivity index (χ0) is 14.2. The number of aromatic nitrogens is 1. The minimum absolute atomic E-state index is 0.166. The summed E-state index contributed by atoms with van der Waals surface area (Å²) in [7, 11) is 0. The predicted octanol–water partition coefficient (Wildman–Crippen LogP) is 2.79. The van der Waals surface area contributed by atoms with Crippen molar-refractivity contribution in [1.29, 1.82) is 0 Å². The highest BCUT2D eigenvalue weighted by Gasteiger charge is 2.11. The van der Waals surface area contributed by atoms with Gasteiger partial charge in [0.25, 0.3) is 5.91 Å². The minimum atomic E-state index is -0.166. The Hall–Kier alpha value is -1.88. The number of pyridine rings is 1. The Bertz CT molecular complexity index is 561. The second-order valence-electron chi connectivity index (χ2n) is 4.04. The first-order valence-corrected chi connectivity index (χ1v) is 7.39. The third-order valence-electron chi connectivity index (χ3n) is 2.62. The van der Waals surface area contributed by atoms with E-state index in [4.69, 9.17) is 4.74 Å². The molecule has 4 nitrogen and oxygen atoms in total. The summed E-state index contributed by atoms with van der Waals surface area (Å²) in [5.74, 6) is 0.422. The molecule has 0 saturated heterocycles. The Kier molecular flexibility index (Phi) is 5.55. The molecule has 1 aromatic heterocycles. The van der Waals surface area contributed by atoms with Crippen LogP contribution in [-0.4, -0.2) is 22.8 Å². The highest BCUT2D eigenvalue weighted by atomic mass is 79.9. The standard InChI is InChI=1S/C15H15BrN2O2/c16-8-10-20-14-7-2-1-6-13(14)15(19)18-11-12-5-3-4-9-17-12/h1-7,9H,8,10-11H2,(H,18,19). The number of hydrogen-bond acceptors (Lipinski definition) is 3. The highest BCUT2D eigenvalue weighted by molar-refractivity contribution is 9.09. The molecule has 0 aliphatic rings. The second-order valence-corrected chi connectivity index (χ2v) is 4.83. The van der Waals surface area contributed by atoms with Gasteiger partial charge in [0.2, 0.25) is 0 Å². The van der Waals surface area contributed by atoms with Crippen LogP contribution in [0, 0.1) is 0 Å². The number of rotatable bonds is 6. The van der Waals surface area contributed by atoms with E-state index in [0.29, 0.717) is 24.5 Å². The topological polar surface area (TPSA) is 51.2 Å². The number of ether oxygens (including phenoxy) is 1. The van der Waals surface area contributed by atoms with Crippen LogP contribution in [0.3, 0.4) is 0 Å². The maximum absolute atomic E-state index is 12.2. The normalized spacial score (nSPS) is 10.1. The maximum Gasteiger partial charge on any atom is 0.255 e. The third kappa shape index (κ3) is 4.06. The summed E-state index contributed by atoms with van der Waals surface area (Å²) in [5, 5.41) is 3.56. The van der Waals surface area contributed by atoms with Crippen LogP contribution < -0.4 is 10.1 Å². The van der Waals surface area contributed by atoms with Crippen molar-refractivity contribution in [2.75, 3.05) is 11.9 Å². The monoisotopic (exact) mass is 334 g/mol. The number of hydrogen-bond donors (Lipinski definition) is 1. The Balaban J connectivity index is 2.01. The van der Waals surface area contributed by atoms with Crippen LogP contribution >= 0.6 is 15.9 Å². The number of halogens is 1. The molecule has 2 aromatic rings. The van der Waals surface area contributed by atoms with Gasteiger partial charge in [0.1, 0.15) is 5.75 Å². The van der Waals surface area contributed by atoms with Crippen molar-refractivity contribution in [3.05, 3.63) is 59.9 Å². The van der Waals surface area contributed by atoms with Gasteiger partial charge in [-0.15, -0.1) is 0 Å². The molecule has 104 valence electrons. The summed E-state index contributed by atoms with van der Waals surface area (Å²) in [5.41, 5.74) is 1.35. The summed E-state index contributed by atoms with van der Waals surface area (Å²) in [4.78, 5) is 16.3. The number of carbonyl (C=O) groups excluding carboxylic acids is 1. The molecule has 2 rings (SSSR count). The maximum atomic E-state index is 12.2. The molecule has 0 radical (unpaired) electrons. The van der Waals surface area contributed by atoms with Crippen molar-refractivity contribution in [3.63, 3.8) is 0 Å². The first-order valence-electron chi connectivity index (χ1n) is 6.27. The van der Waals surface area contributed by atoms with Crippen LogP contribution in [-0.2, 0) is 6.54 Å². The molecular formula is C15H15BrN2O2. The van der Waals surface area contributed by atoms with Gasteiger partial charge in [0.05, 0.1) is 24.4 Å². The largest absolute Gasteiger partial charge is 0.492 e. The molecule has 1 aromatic carbocycles. The molecular weight excluding hydrogens is 320 g/mol. The van der Waals surface area contributed by atoms with E-state index in [1.165, 1.54) is 0 Å². The third-order valence-corrected chi connectivity index (χ3v) is 2.95. The molecule has 1 amide bonds. The van der Waals surface area contributed by atoms with Crippen molar-refractivity contribution >= 4 is 21.8 Å². The van der Waals surface area contributed by atoms with Gasteiger partial charge in [-0.25, -0.2) is 0 Å². The van der Waals surface area contributed by atoms with Crippen LogP contribution in [0.15, 0.2) is 48.7 Å². The van der Waals surface area contributed by atoms with Crippen LogP contribution in [0.1, 0.15) is 16.1 Å². The lowest BCUT2D eigenvalue weighted by molar-refractivity contribution is 0.0946. The Morgan fingerprint density at radius 1 is 1.20 bits per heavy atom. The average Bonchev–Trinajstić information content (AvgIpc) is 2.52. The fourth-order valence-corrected chi connectivity index (χ4v) is 1.86. The number of nitrogens with zero attached hydrogens (tertiary/aromatic N) is 1. The van der Waals surface area contributed by atoms with E-state index in [2.05, 4.69) is 26.2 Å². The molecule has 0 bridgehead atoms. The number of benzene rings is 1. The first kappa shape index (κ1) is 14.5. The Morgan fingerprint density at radius 3 is 2.75 bits per heavy atom. The summed E-state index contributed by atoms with van der Waals surface area (Å²) >= 11 is 3.30. The van der Waals surface area contributed by atoms with E-state index in [-0.39, 0.29) is 5.91 Å². The van der Waals surface area contributed by atoms with E-state index in [9.17, 15) is 4.79 Å². The van der Waals surface area contributed by atoms with Gasteiger partial charge in [-0.05, 0) is 24.3 Å². The molecule has 0 spiro atoms. The molecule has 5 heteroatoms. The number of amides is 1. The first-order chi connectivity index (χ1) is 9.81. The minimum Gasteiger partial charge on any atom is -0.492 e. The molecule has 1 N–H and O–H groups in total. The zero-order valence-electron chi connectivity index (χ0n) is 10.9. The van der Waals surface area contributed by atoms with Crippen LogP contribution in [0.25, 0.3) is 0 Å². The van der Waals surface area contributed by atoms with Gasteiger partial charge < -0.3 is 10.1 Å². The molecule has 20 heavy (non-hydrogen) atoms. The van der Waals surface area contributed by atoms with Crippen LogP contribution in [0.2, 0.25) is 0 Å². The van der Waals surface area contributed by atoms with Crippen molar-refractivity contribution in [3.8, 4) is 5.75 Å². The molecule has 0 atom stereocenters. The van der Waals surface area contributed by atoms with Gasteiger partial charge >= 0.3 is 0 Å². The van der Waals surface area contributed by atoms with Crippen molar-refractivity contribution < 1.29 is 9.53 Å². The number of alkyl halides is 1. The fourth-order valence-electron chi connectivity index (χ4n) is 1.70. The Morgan fingerprint density at radius 2 is 2.00 bits per heavy atom. The van der Waals surface area contributed by atoms with Crippen LogP contribution in [0.5, 0.6) is 5.75 Å². The lowest BCUT2D eigenvalue weighted by Crippen LogP contribution is -2.24. The molecule has 0 fully saturated rings. The van der Waals surface area contributed by atoms with Gasteiger partial charge in [-0.1, -0.05) is 34.1 Å². The van der Waals surface area contributed by atoms with Crippen LogP contribution in [0.4, 0.5) is 0 Å². The Labute approximate surface area is 126 Å². The SMILES string of the molecule is O=C(NCc1ccccn1)c1ccccc1OCCBr. The average molecular weight is 335 g/mol. The van der Waals surface area contributed by atoms with E-state index in [1.807, 2.05) is 30.3 Å². The summed E-state index contributed by atoms with van der Waals surface area (Å²) in [6.07, 6.45) is 1.70. The summed E-state index contributed by atoms with van der Waals surface area (Å²) in [6.45, 7) is 0.914. The van der Waals surface area contributed by atoms with Gasteiger partial charge in [-0.3, -0.25) is 9.78 Å². The van der Waals surface area contributed by atoms with E-state index in [0.717, 1.165) is 11.0 Å². The van der Waals surface area contributed by atoms with E-state index >= 15 is 0 Å². The lowest BCUT2D eigenvalue weighted by atomic mass is 10.2. The number of para-hydroxylation sites is 1. The summed E-state index contributed by atoms with van der Waals surface area (Å²) < 4.78 is 5.54. The zero-order valence-corrected chi connectivity index (χ0v) is 12.5. The van der Waals surface area contributed by atoms with E-state index < -0.39 is 0 Å². The van der Waals surface area contributed by atoms with Gasteiger partial charge in [-0.2, -0.15) is 0 Å². The molecule has 0 aliphatic carbocycles. The quantitative estimate of drug-likeness (QED) is 0.826. The highest BCUT2D eigenvalue weighted by Crippen LogP contribution is 2.18. The summed E-state index contributed by atoms with van der Waals surface area (Å²) in [6, 6.07) is 12.8. The molecule has 0 aliphatic heterocycles. The van der Waals surface area contributed by atoms with Gasteiger partial charge in [0, 0.05) is 11.5 Å². The number of carbonyl (C=O) groups is 1. The van der Waals surface area contributed by atoms with Crippen molar-refractivity contribution in [2.24, 2.45) is 0 Å². The fraction of sp³-hybridized carbons (Fsp3) is 0.200. The predicted molar refractivity (Wildman–Crippen MR) is 81.1 cm³/mol. The van der Waals surface area contributed by atoms with Gasteiger partial charge in [0.15, 0.2) is 0 Å². The molecule has 1 heterocycles. The molecule has 0 unspecified atom stereocenters.